The lowest BCUT2D eigenvalue weighted by Gasteiger charge is -2.36. The maximum absolute atomic E-state index is 5.46. The number of methoxy groups -OCH3 is 1. The van der Waals surface area contributed by atoms with Crippen LogP contribution in [0, 0.1) is 15.9 Å². The molecule has 1 fully saturated rings. The molecule has 1 heterocycles. The van der Waals surface area contributed by atoms with Crippen LogP contribution in [0.25, 0.3) is 0 Å². The largest absolute Gasteiger partial charge is 0.384 e. The zero-order chi connectivity index (χ0) is 12.3. The molecule has 96 valence electrons. The lowest BCUT2D eigenvalue weighted by atomic mass is 9.74. The Balaban J connectivity index is 2.14. The molecule has 0 spiro atoms. The molecule has 0 atom stereocenters. The Morgan fingerprint density at radius 2 is 2.12 bits per heavy atom. The number of ether oxygens (including phenoxy) is 1. The molecule has 2 rings (SSSR count). The standard InChI is InChI=1S/C13H21IN2O/c1-11-12(14)8-15-16(11)9-13(10-17-2)6-4-3-5-7-13/h8H,3-7,9-10H2,1-2H3. The van der Waals surface area contributed by atoms with E-state index in [4.69, 9.17) is 4.74 Å². The third kappa shape index (κ3) is 3.02. The highest BCUT2D eigenvalue weighted by Gasteiger charge is 2.33. The second-order valence-corrected chi connectivity index (χ2v) is 6.39. The number of aromatic nitrogens is 2. The van der Waals surface area contributed by atoms with E-state index in [2.05, 4.69) is 39.3 Å². The summed E-state index contributed by atoms with van der Waals surface area (Å²) in [6.45, 7) is 4.02. The maximum Gasteiger partial charge on any atom is 0.0626 e. The Hall–Kier alpha value is -0.100. The van der Waals surface area contributed by atoms with Gasteiger partial charge in [-0.1, -0.05) is 19.3 Å². The maximum atomic E-state index is 5.46. The zero-order valence-corrected chi connectivity index (χ0v) is 12.9. The van der Waals surface area contributed by atoms with Crippen LogP contribution in [-0.2, 0) is 11.3 Å². The molecule has 0 aliphatic heterocycles. The van der Waals surface area contributed by atoms with Gasteiger partial charge in [0.25, 0.3) is 0 Å². The minimum absolute atomic E-state index is 0.312. The van der Waals surface area contributed by atoms with E-state index in [-0.39, 0.29) is 0 Å². The number of hydrogen-bond acceptors (Lipinski definition) is 2. The fraction of sp³-hybridized carbons (Fsp3) is 0.769. The number of rotatable bonds is 4. The quantitative estimate of drug-likeness (QED) is 0.780. The van der Waals surface area contributed by atoms with Crippen LogP contribution >= 0.6 is 22.6 Å². The van der Waals surface area contributed by atoms with E-state index in [0.717, 1.165) is 13.2 Å². The molecule has 1 aliphatic rings. The van der Waals surface area contributed by atoms with E-state index in [1.165, 1.54) is 41.4 Å². The summed E-state index contributed by atoms with van der Waals surface area (Å²) < 4.78 is 8.87. The van der Waals surface area contributed by atoms with Gasteiger partial charge in [0.1, 0.15) is 0 Å². The molecule has 3 nitrogen and oxygen atoms in total. The first kappa shape index (κ1) is 13.3. The predicted octanol–water partition coefficient (Wildman–Crippen LogP) is 3.39. The molecular formula is C13H21IN2O. The Kier molecular flexibility index (Phi) is 4.47. The number of nitrogens with zero attached hydrogens (tertiary/aromatic N) is 2. The number of hydrogen-bond donors (Lipinski definition) is 0. The van der Waals surface area contributed by atoms with Crippen molar-refractivity contribution in [3.63, 3.8) is 0 Å². The van der Waals surface area contributed by atoms with Gasteiger partial charge in [-0.25, -0.2) is 0 Å². The van der Waals surface area contributed by atoms with E-state index in [1.54, 1.807) is 0 Å². The fourth-order valence-corrected chi connectivity index (χ4v) is 3.26. The van der Waals surface area contributed by atoms with E-state index >= 15 is 0 Å². The first-order valence-corrected chi connectivity index (χ1v) is 7.42. The average molecular weight is 348 g/mol. The summed E-state index contributed by atoms with van der Waals surface area (Å²) in [5.41, 5.74) is 1.60. The summed E-state index contributed by atoms with van der Waals surface area (Å²) in [7, 11) is 1.82. The highest BCUT2D eigenvalue weighted by molar-refractivity contribution is 14.1. The highest BCUT2D eigenvalue weighted by Crippen LogP contribution is 2.38. The van der Waals surface area contributed by atoms with Crippen LogP contribution in [0.15, 0.2) is 6.20 Å². The Bertz CT molecular complexity index is 364. The summed E-state index contributed by atoms with van der Waals surface area (Å²) in [6, 6.07) is 0. The van der Waals surface area contributed by atoms with Crippen molar-refractivity contribution in [2.45, 2.75) is 45.6 Å². The van der Waals surface area contributed by atoms with Crippen molar-refractivity contribution in [2.75, 3.05) is 13.7 Å². The van der Waals surface area contributed by atoms with Gasteiger partial charge in [0, 0.05) is 24.8 Å². The Morgan fingerprint density at radius 1 is 1.41 bits per heavy atom. The van der Waals surface area contributed by atoms with Crippen LogP contribution in [0.1, 0.15) is 37.8 Å². The predicted molar refractivity (Wildman–Crippen MR) is 77.1 cm³/mol. The van der Waals surface area contributed by atoms with Crippen LogP contribution < -0.4 is 0 Å². The topological polar surface area (TPSA) is 27.1 Å². The molecule has 0 saturated heterocycles. The summed E-state index contributed by atoms with van der Waals surface area (Å²) in [4.78, 5) is 0. The van der Waals surface area contributed by atoms with Crippen LogP contribution in [0.4, 0.5) is 0 Å². The smallest absolute Gasteiger partial charge is 0.0626 e. The molecule has 0 unspecified atom stereocenters. The van der Waals surface area contributed by atoms with Crippen LogP contribution in [0.2, 0.25) is 0 Å². The molecule has 1 aliphatic carbocycles. The molecule has 1 aromatic rings. The molecule has 0 N–H and O–H groups in total. The van der Waals surface area contributed by atoms with Gasteiger partial charge in [0.05, 0.1) is 16.4 Å². The number of halogens is 1. The molecule has 0 amide bonds. The molecule has 0 bridgehead atoms. The summed E-state index contributed by atoms with van der Waals surface area (Å²) in [5.74, 6) is 0. The van der Waals surface area contributed by atoms with Gasteiger partial charge in [0.2, 0.25) is 0 Å². The van der Waals surface area contributed by atoms with Crippen molar-refractivity contribution in [3.8, 4) is 0 Å². The highest BCUT2D eigenvalue weighted by atomic mass is 127. The van der Waals surface area contributed by atoms with Gasteiger partial charge < -0.3 is 4.74 Å². The summed E-state index contributed by atoms with van der Waals surface area (Å²) in [5, 5.41) is 4.49. The first-order valence-electron chi connectivity index (χ1n) is 6.34. The monoisotopic (exact) mass is 348 g/mol. The Labute approximate surface area is 117 Å². The van der Waals surface area contributed by atoms with Gasteiger partial charge in [-0.3, -0.25) is 4.68 Å². The van der Waals surface area contributed by atoms with E-state index in [9.17, 15) is 0 Å². The molecule has 17 heavy (non-hydrogen) atoms. The minimum Gasteiger partial charge on any atom is -0.384 e. The van der Waals surface area contributed by atoms with Crippen LogP contribution in [0.3, 0.4) is 0 Å². The summed E-state index contributed by atoms with van der Waals surface area (Å²) in [6.07, 6.45) is 8.55. The fourth-order valence-electron chi connectivity index (χ4n) is 2.86. The van der Waals surface area contributed by atoms with Gasteiger partial charge >= 0.3 is 0 Å². The molecule has 0 radical (unpaired) electrons. The van der Waals surface area contributed by atoms with Gasteiger partial charge in [0.15, 0.2) is 0 Å². The molecular weight excluding hydrogens is 327 g/mol. The normalized spacial score (nSPS) is 19.5. The van der Waals surface area contributed by atoms with Crippen molar-refractivity contribution in [2.24, 2.45) is 5.41 Å². The van der Waals surface area contributed by atoms with Crippen molar-refractivity contribution in [1.29, 1.82) is 0 Å². The SMILES string of the molecule is COCC1(Cn2ncc(I)c2C)CCCCC1. The van der Waals surface area contributed by atoms with Gasteiger partial charge in [-0.05, 0) is 42.4 Å². The third-order valence-electron chi connectivity index (χ3n) is 3.89. The zero-order valence-electron chi connectivity index (χ0n) is 10.7. The van der Waals surface area contributed by atoms with Gasteiger partial charge in [-0.15, -0.1) is 0 Å². The van der Waals surface area contributed by atoms with Gasteiger partial charge in [-0.2, -0.15) is 5.10 Å². The molecule has 1 saturated carbocycles. The van der Waals surface area contributed by atoms with Crippen LogP contribution in [0.5, 0.6) is 0 Å². The van der Waals surface area contributed by atoms with Crippen molar-refractivity contribution >= 4 is 22.6 Å². The van der Waals surface area contributed by atoms with Crippen molar-refractivity contribution < 1.29 is 4.74 Å². The van der Waals surface area contributed by atoms with Crippen molar-refractivity contribution in [1.82, 2.24) is 9.78 Å². The lowest BCUT2D eigenvalue weighted by molar-refractivity contribution is 0.0316. The minimum atomic E-state index is 0.312. The second-order valence-electron chi connectivity index (χ2n) is 5.23. The van der Waals surface area contributed by atoms with Crippen molar-refractivity contribution in [3.05, 3.63) is 15.5 Å². The second kappa shape index (κ2) is 5.69. The van der Waals surface area contributed by atoms with E-state index in [1.807, 2.05) is 13.3 Å². The molecule has 1 aromatic heterocycles. The molecule has 0 aromatic carbocycles. The van der Waals surface area contributed by atoms with E-state index in [0.29, 0.717) is 5.41 Å². The Morgan fingerprint density at radius 3 is 2.65 bits per heavy atom. The molecule has 4 heteroatoms. The first-order chi connectivity index (χ1) is 8.17. The average Bonchev–Trinajstić information content (AvgIpc) is 2.63. The summed E-state index contributed by atoms with van der Waals surface area (Å²) >= 11 is 2.35. The third-order valence-corrected chi connectivity index (χ3v) is 4.95. The lowest BCUT2D eigenvalue weighted by Crippen LogP contribution is -2.34. The van der Waals surface area contributed by atoms with E-state index < -0.39 is 0 Å². The van der Waals surface area contributed by atoms with Crippen LogP contribution in [-0.4, -0.2) is 23.5 Å².